The molecule has 5 N–H and O–H groups in total. The second-order valence-electron chi connectivity index (χ2n) is 10.4. The Balaban J connectivity index is 5.06. The van der Waals surface area contributed by atoms with Gasteiger partial charge in [-0.05, 0) is 59.2 Å². The SMILES string of the molecule is CC(C)C(C)C(C)C(C)C(C)C(C)C(C)C(C)C(C)C(O)C(C)C(N)CN. The molecular weight excluding hydrogens is 332 g/mol. The largest absolute Gasteiger partial charge is 0.393 e. The van der Waals surface area contributed by atoms with Gasteiger partial charge >= 0.3 is 0 Å². The zero-order valence-corrected chi connectivity index (χ0v) is 20.2. The van der Waals surface area contributed by atoms with Crippen LogP contribution in [0.25, 0.3) is 0 Å². The van der Waals surface area contributed by atoms with Crippen LogP contribution in [0.5, 0.6) is 0 Å². The Bertz CT molecular complexity index is 400. The van der Waals surface area contributed by atoms with Gasteiger partial charge in [-0.2, -0.15) is 0 Å². The van der Waals surface area contributed by atoms with Crippen LogP contribution in [0.15, 0.2) is 0 Å². The summed E-state index contributed by atoms with van der Waals surface area (Å²) in [5.41, 5.74) is 11.8. The number of aliphatic hydroxyl groups is 1. The highest BCUT2D eigenvalue weighted by Gasteiger charge is 2.36. The molecule has 0 radical (unpaired) electrons. The lowest BCUT2D eigenvalue weighted by Gasteiger charge is -2.41. The quantitative estimate of drug-likeness (QED) is 0.442. The smallest absolute Gasteiger partial charge is 0.0609 e. The van der Waals surface area contributed by atoms with E-state index in [-0.39, 0.29) is 17.9 Å². The van der Waals surface area contributed by atoms with Crippen molar-refractivity contribution in [2.75, 3.05) is 6.54 Å². The maximum Gasteiger partial charge on any atom is 0.0609 e. The topological polar surface area (TPSA) is 72.3 Å². The lowest BCUT2D eigenvalue weighted by Crippen LogP contribution is -2.45. The van der Waals surface area contributed by atoms with E-state index >= 15 is 0 Å². The van der Waals surface area contributed by atoms with Crippen LogP contribution in [0, 0.1) is 59.2 Å². The predicted molar refractivity (Wildman–Crippen MR) is 120 cm³/mol. The minimum atomic E-state index is -0.402. The molecule has 0 aliphatic carbocycles. The molecule has 3 heteroatoms. The van der Waals surface area contributed by atoms with Gasteiger partial charge in [-0.25, -0.2) is 0 Å². The van der Waals surface area contributed by atoms with Gasteiger partial charge in [-0.15, -0.1) is 0 Å². The number of rotatable bonds is 12. The summed E-state index contributed by atoms with van der Waals surface area (Å²) in [6.45, 7) is 26.1. The summed E-state index contributed by atoms with van der Waals surface area (Å²) in [4.78, 5) is 0. The van der Waals surface area contributed by atoms with Crippen molar-refractivity contribution < 1.29 is 5.11 Å². The summed E-state index contributed by atoms with van der Waals surface area (Å²) in [5.74, 6) is 5.38. The Morgan fingerprint density at radius 1 is 0.519 bits per heavy atom. The van der Waals surface area contributed by atoms with Crippen molar-refractivity contribution >= 4 is 0 Å². The highest BCUT2D eigenvalue weighted by molar-refractivity contribution is 4.86. The second kappa shape index (κ2) is 11.8. The molecule has 0 aromatic heterocycles. The Labute approximate surface area is 171 Å². The normalized spacial score (nSPS) is 25.0. The van der Waals surface area contributed by atoms with Gasteiger partial charge in [0.05, 0.1) is 6.10 Å². The molecule has 0 aliphatic heterocycles. The summed E-state index contributed by atoms with van der Waals surface area (Å²) in [6, 6.07) is -0.139. The number of hydrogen-bond acceptors (Lipinski definition) is 3. The Kier molecular flexibility index (Phi) is 11.7. The van der Waals surface area contributed by atoms with Gasteiger partial charge in [0, 0.05) is 12.6 Å². The van der Waals surface area contributed by atoms with Gasteiger partial charge in [0.1, 0.15) is 0 Å². The van der Waals surface area contributed by atoms with Crippen molar-refractivity contribution in [1.29, 1.82) is 0 Å². The van der Waals surface area contributed by atoms with Crippen LogP contribution in [0.4, 0.5) is 0 Å². The lowest BCUT2D eigenvalue weighted by atomic mass is 9.65. The average molecular weight is 385 g/mol. The van der Waals surface area contributed by atoms with Gasteiger partial charge in [0.25, 0.3) is 0 Å². The van der Waals surface area contributed by atoms with Crippen molar-refractivity contribution in [2.45, 2.75) is 88.3 Å². The van der Waals surface area contributed by atoms with Gasteiger partial charge in [-0.3, -0.25) is 0 Å². The first-order chi connectivity index (χ1) is 12.3. The zero-order chi connectivity index (χ0) is 21.6. The molecule has 0 aromatic rings. The fourth-order valence-corrected chi connectivity index (χ4v) is 4.74. The molecule has 11 atom stereocenters. The van der Waals surface area contributed by atoms with Crippen LogP contribution in [-0.2, 0) is 0 Å². The van der Waals surface area contributed by atoms with E-state index in [2.05, 4.69) is 69.2 Å². The maximum absolute atomic E-state index is 10.8. The molecule has 0 aliphatic rings. The fourth-order valence-electron chi connectivity index (χ4n) is 4.74. The highest BCUT2D eigenvalue weighted by atomic mass is 16.3. The van der Waals surface area contributed by atoms with Crippen LogP contribution in [0.3, 0.4) is 0 Å². The molecule has 0 bridgehead atoms. The molecule has 11 unspecified atom stereocenters. The first-order valence-corrected chi connectivity index (χ1v) is 11.4. The van der Waals surface area contributed by atoms with E-state index in [1.165, 1.54) is 0 Å². The molecule has 27 heavy (non-hydrogen) atoms. The van der Waals surface area contributed by atoms with Crippen molar-refractivity contribution in [2.24, 2.45) is 70.6 Å². The standard InChI is InChI=1S/C24H52N2O/c1-13(2)14(3)15(4)16(5)17(6)18(7)19(8)20(9)21(10)24(27)22(11)23(26)12-25/h13-24,27H,12,25-26H2,1-11H3. The van der Waals surface area contributed by atoms with Crippen molar-refractivity contribution in [3.63, 3.8) is 0 Å². The van der Waals surface area contributed by atoms with E-state index in [1.54, 1.807) is 0 Å². The lowest BCUT2D eigenvalue weighted by molar-refractivity contribution is 0.00530. The Morgan fingerprint density at radius 3 is 1.11 bits per heavy atom. The van der Waals surface area contributed by atoms with Gasteiger partial charge in [-0.1, -0.05) is 76.2 Å². The van der Waals surface area contributed by atoms with Crippen LogP contribution in [0.1, 0.15) is 76.2 Å². The summed E-state index contributed by atoms with van der Waals surface area (Å²) in [7, 11) is 0. The van der Waals surface area contributed by atoms with Crippen LogP contribution in [0.2, 0.25) is 0 Å². The van der Waals surface area contributed by atoms with E-state index in [0.29, 0.717) is 36.1 Å². The van der Waals surface area contributed by atoms with Crippen molar-refractivity contribution in [3.05, 3.63) is 0 Å². The van der Waals surface area contributed by atoms with Crippen molar-refractivity contribution in [3.8, 4) is 0 Å². The molecule has 3 nitrogen and oxygen atoms in total. The van der Waals surface area contributed by atoms with Crippen LogP contribution in [-0.4, -0.2) is 23.8 Å². The van der Waals surface area contributed by atoms with E-state index in [9.17, 15) is 5.11 Å². The molecule has 0 fully saturated rings. The van der Waals surface area contributed by atoms with E-state index in [1.807, 2.05) is 6.92 Å². The average Bonchev–Trinajstić information content (AvgIpc) is 2.66. The summed E-state index contributed by atoms with van der Waals surface area (Å²) in [6.07, 6.45) is -0.402. The molecule has 164 valence electrons. The monoisotopic (exact) mass is 384 g/mol. The summed E-state index contributed by atoms with van der Waals surface area (Å²) >= 11 is 0. The van der Waals surface area contributed by atoms with Crippen LogP contribution < -0.4 is 11.5 Å². The molecule has 0 rings (SSSR count). The summed E-state index contributed by atoms with van der Waals surface area (Å²) in [5, 5.41) is 10.8. The Morgan fingerprint density at radius 2 is 0.815 bits per heavy atom. The number of hydrogen-bond donors (Lipinski definition) is 3. The highest BCUT2D eigenvalue weighted by Crippen LogP contribution is 2.40. The van der Waals surface area contributed by atoms with Crippen molar-refractivity contribution in [1.82, 2.24) is 0 Å². The predicted octanol–water partition coefficient (Wildman–Crippen LogP) is 5.01. The Hall–Kier alpha value is -0.120. The molecule has 0 heterocycles. The molecule has 0 saturated heterocycles. The first kappa shape index (κ1) is 26.9. The van der Waals surface area contributed by atoms with E-state index < -0.39 is 6.10 Å². The third-order valence-electron chi connectivity index (χ3n) is 8.88. The molecular formula is C24H52N2O. The minimum Gasteiger partial charge on any atom is -0.393 e. The van der Waals surface area contributed by atoms with E-state index in [0.717, 1.165) is 17.8 Å². The van der Waals surface area contributed by atoms with Crippen LogP contribution >= 0.6 is 0 Å². The third kappa shape index (κ3) is 7.01. The first-order valence-electron chi connectivity index (χ1n) is 11.4. The van der Waals surface area contributed by atoms with E-state index in [4.69, 9.17) is 11.5 Å². The second-order valence-corrected chi connectivity index (χ2v) is 10.4. The molecule has 0 amide bonds. The molecule has 0 aromatic carbocycles. The minimum absolute atomic E-state index is 0.0261. The number of nitrogens with two attached hydrogens (primary N) is 2. The fraction of sp³-hybridized carbons (Fsp3) is 1.00. The van der Waals surface area contributed by atoms with Gasteiger partial charge in [0.15, 0.2) is 0 Å². The maximum atomic E-state index is 10.8. The molecule has 0 spiro atoms. The third-order valence-corrected chi connectivity index (χ3v) is 8.88. The zero-order valence-electron chi connectivity index (χ0n) is 20.2. The number of aliphatic hydroxyl groups excluding tert-OH is 1. The molecule has 0 saturated carbocycles. The van der Waals surface area contributed by atoms with Gasteiger partial charge < -0.3 is 16.6 Å². The summed E-state index contributed by atoms with van der Waals surface area (Å²) < 4.78 is 0. The van der Waals surface area contributed by atoms with Gasteiger partial charge in [0.2, 0.25) is 0 Å².